The average molecular weight is 314 g/mol. The van der Waals surface area contributed by atoms with Crippen molar-refractivity contribution in [2.45, 2.75) is 25.3 Å². The lowest BCUT2D eigenvalue weighted by Crippen LogP contribution is -2.16. The van der Waals surface area contributed by atoms with E-state index >= 15 is 0 Å². The molecular formula is C14H14N6OS. The molecule has 3 aromatic rings. The van der Waals surface area contributed by atoms with E-state index in [9.17, 15) is 0 Å². The number of rotatable bonds is 5. The summed E-state index contributed by atoms with van der Waals surface area (Å²) in [6.45, 7) is 0.507. The van der Waals surface area contributed by atoms with Crippen LogP contribution < -0.4 is 4.90 Å². The molecule has 22 heavy (non-hydrogen) atoms. The zero-order chi connectivity index (χ0) is 14.9. The van der Waals surface area contributed by atoms with Crippen molar-refractivity contribution >= 4 is 16.7 Å². The molecule has 1 aliphatic carbocycles. The Labute approximate surface area is 131 Å². The fourth-order valence-electron chi connectivity index (χ4n) is 2.09. The molecular weight excluding hydrogens is 300 g/mol. The molecule has 8 heteroatoms. The van der Waals surface area contributed by atoms with Crippen molar-refractivity contribution in [2.75, 3.05) is 11.9 Å². The summed E-state index contributed by atoms with van der Waals surface area (Å²) >= 11 is 1.41. The molecule has 0 radical (unpaired) electrons. The lowest BCUT2D eigenvalue weighted by molar-refractivity contribution is 0.378. The van der Waals surface area contributed by atoms with Crippen LogP contribution in [-0.4, -0.2) is 31.5 Å². The van der Waals surface area contributed by atoms with Crippen molar-refractivity contribution in [3.63, 3.8) is 0 Å². The summed E-state index contributed by atoms with van der Waals surface area (Å²) in [5.74, 6) is 2.63. The summed E-state index contributed by atoms with van der Waals surface area (Å²) in [4.78, 5) is 15.0. The van der Waals surface area contributed by atoms with Gasteiger partial charge in [0.2, 0.25) is 16.8 Å². The van der Waals surface area contributed by atoms with Crippen LogP contribution in [0.4, 0.5) is 5.13 Å². The van der Waals surface area contributed by atoms with Crippen LogP contribution in [0, 0.1) is 0 Å². The van der Waals surface area contributed by atoms with Crippen molar-refractivity contribution in [1.82, 2.24) is 24.5 Å². The monoisotopic (exact) mass is 314 g/mol. The maximum atomic E-state index is 5.30. The minimum absolute atomic E-state index is 0.507. The van der Waals surface area contributed by atoms with Crippen molar-refractivity contribution in [2.24, 2.45) is 0 Å². The molecule has 0 spiro atoms. The number of hydrogen-bond acceptors (Lipinski definition) is 8. The summed E-state index contributed by atoms with van der Waals surface area (Å²) < 4.78 is 9.71. The third-order valence-electron chi connectivity index (χ3n) is 3.46. The van der Waals surface area contributed by atoms with E-state index in [0.29, 0.717) is 24.2 Å². The molecule has 0 bridgehead atoms. The Balaban J connectivity index is 1.47. The second-order valence-corrected chi connectivity index (χ2v) is 6.05. The summed E-state index contributed by atoms with van der Waals surface area (Å²) in [7, 11) is 1.95. The van der Waals surface area contributed by atoms with Crippen LogP contribution in [0.25, 0.3) is 11.4 Å². The van der Waals surface area contributed by atoms with E-state index in [-0.39, 0.29) is 0 Å². The van der Waals surface area contributed by atoms with Crippen LogP contribution in [-0.2, 0) is 6.54 Å². The minimum atomic E-state index is 0.507. The van der Waals surface area contributed by atoms with E-state index in [4.69, 9.17) is 4.52 Å². The van der Waals surface area contributed by atoms with Crippen LogP contribution in [0.2, 0.25) is 0 Å². The Morgan fingerprint density at radius 3 is 3.05 bits per heavy atom. The first-order valence-electron chi connectivity index (χ1n) is 7.07. The minimum Gasteiger partial charge on any atom is -0.341 e. The lowest BCUT2D eigenvalue weighted by atomic mass is 10.3. The van der Waals surface area contributed by atoms with E-state index in [2.05, 4.69) is 24.5 Å². The molecule has 4 rings (SSSR count). The molecule has 7 nitrogen and oxygen atoms in total. The molecule has 0 amide bonds. The second kappa shape index (κ2) is 5.45. The Morgan fingerprint density at radius 1 is 1.36 bits per heavy atom. The van der Waals surface area contributed by atoms with E-state index in [1.54, 1.807) is 12.4 Å². The molecule has 0 aliphatic heterocycles. The molecule has 1 aliphatic rings. The first kappa shape index (κ1) is 13.3. The number of pyridine rings is 1. The Hall–Kier alpha value is -2.35. The van der Waals surface area contributed by atoms with Gasteiger partial charge >= 0.3 is 0 Å². The number of hydrogen-bond donors (Lipinski definition) is 0. The Morgan fingerprint density at radius 2 is 2.27 bits per heavy atom. The predicted octanol–water partition coefficient (Wildman–Crippen LogP) is 2.50. The van der Waals surface area contributed by atoms with Crippen molar-refractivity contribution in [3.05, 3.63) is 36.2 Å². The topological polar surface area (TPSA) is 80.8 Å². The van der Waals surface area contributed by atoms with E-state index in [1.807, 2.05) is 24.1 Å². The molecule has 0 unspecified atom stereocenters. The predicted molar refractivity (Wildman–Crippen MR) is 81.5 cm³/mol. The molecule has 0 atom stereocenters. The summed E-state index contributed by atoms with van der Waals surface area (Å²) in [6, 6.07) is 3.75. The van der Waals surface area contributed by atoms with Crippen molar-refractivity contribution in [3.8, 4) is 11.4 Å². The molecule has 1 saturated carbocycles. The highest BCUT2D eigenvalue weighted by atomic mass is 32.1. The van der Waals surface area contributed by atoms with Gasteiger partial charge in [-0.05, 0) is 25.0 Å². The molecule has 3 aromatic heterocycles. The molecule has 0 N–H and O–H groups in total. The van der Waals surface area contributed by atoms with Crippen LogP contribution in [0.5, 0.6) is 0 Å². The third-order valence-corrected chi connectivity index (χ3v) is 4.30. The van der Waals surface area contributed by atoms with Gasteiger partial charge in [-0.1, -0.05) is 5.16 Å². The zero-order valence-electron chi connectivity index (χ0n) is 12.0. The van der Waals surface area contributed by atoms with Crippen molar-refractivity contribution < 1.29 is 4.52 Å². The molecule has 0 aromatic carbocycles. The first-order valence-corrected chi connectivity index (χ1v) is 7.84. The maximum Gasteiger partial charge on any atom is 0.246 e. The van der Waals surface area contributed by atoms with Crippen LogP contribution in [0.1, 0.15) is 30.5 Å². The van der Waals surface area contributed by atoms with E-state index in [1.165, 1.54) is 24.4 Å². The molecule has 112 valence electrons. The average Bonchev–Trinajstić information content (AvgIpc) is 3.10. The fourth-order valence-corrected chi connectivity index (χ4v) is 2.79. The lowest BCUT2D eigenvalue weighted by Gasteiger charge is -2.11. The second-order valence-electron chi connectivity index (χ2n) is 5.32. The first-order chi connectivity index (χ1) is 10.8. The SMILES string of the molecule is CN(Cc1nc(-c2cccnc2)no1)c1nc(C2CC2)ns1. The summed E-state index contributed by atoms with van der Waals surface area (Å²) in [5.41, 5.74) is 0.840. The standard InChI is InChI=1S/C14H14N6OS/c1-20(14-17-13(19-22-14)9-4-5-9)8-11-16-12(18-21-11)10-3-2-6-15-7-10/h2-3,6-7,9H,4-5,8H2,1H3. The van der Waals surface area contributed by atoms with Crippen LogP contribution in [0.3, 0.4) is 0 Å². The number of anilines is 1. The van der Waals surface area contributed by atoms with Crippen LogP contribution in [0.15, 0.2) is 29.0 Å². The Bertz CT molecular complexity index is 767. The van der Waals surface area contributed by atoms with Gasteiger partial charge in [-0.15, -0.1) is 0 Å². The molecule has 0 saturated heterocycles. The maximum absolute atomic E-state index is 5.30. The number of nitrogens with zero attached hydrogens (tertiary/aromatic N) is 6. The van der Waals surface area contributed by atoms with Gasteiger partial charge in [0.15, 0.2) is 0 Å². The highest BCUT2D eigenvalue weighted by Crippen LogP contribution is 2.39. The van der Waals surface area contributed by atoms with Gasteiger partial charge in [0.25, 0.3) is 0 Å². The fraction of sp³-hybridized carbons (Fsp3) is 0.357. The van der Waals surface area contributed by atoms with E-state index < -0.39 is 0 Å². The van der Waals surface area contributed by atoms with Gasteiger partial charge in [0.1, 0.15) is 5.82 Å². The zero-order valence-corrected chi connectivity index (χ0v) is 12.8. The van der Waals surface area contributed by atoms with Gasteiger partial charge in [0, 0.05) is 42.5 Å². The van der Waals surface area contributed by atoms with Gasteiger partial charge in [-0.25, -0.2) is 4.98 Å². The van der Waals surface area contributed by atoms with E-state index in [0.717, 1.165) is 16.5 Å². The number of aromatic nitrogens is 5. The smallest absolute Gasteiger partial charge is 0.246 e. The largest absolute Gasteiger partial charge is 0.341 e. The molecule has 3 heterocycles. The third kappa shape index (κ3) is 2.69. The van der Waals surface area contributed by atoms with Crippen LogP contribution >= 0.6 is 11.5 Å². The summed E-state index contributed by atoms with van der Waals surface area (Å²) in [5, 5.41) is 4.87. The van der Waals surface area contributed by atoms with Gasteiger partial charge in [-0.2, -0.15) is 9.36 Å². The van der Waals surface area contributed by atoms with Crippen molar-refractivity contribution in [1.29, 1.82) is 0 Å². The van der Waals surface area contributed by atoms with Gasteiger partial charge in [-0.3, -0.25) is 4.98 Å². The highest BCUT2D eigenvalue weighted by molar-refractivity contribution is 7.09. The molecule has 1 fully saturated rings. The highest BCUT2D eigenvalue weighted by Gasteiger charge is 2.28. The quantitative estimate of drug-likeness (QED) is 0.715. The summed E-state index contributed by atoms with van der Waals surface area (Å²) in [6.07, 6.45) is 5.84. The van der Waals surface area contributed by atoms with Gasteiger partial charge < -0.3 is 9.42 Å². The Kier molecular flexibility index (Phi) is 3.30. The normalized spacial score (nSPS) is 14.2. The van der Waals surface area contributed by atoms with Gasteiger partial charge in [0.05, 0.1) is 6.54 Å².